The van der Waals surface area contributed by atoms with Gasteiger partial charge in [0.1, 0.15) is 25.3 Å². The van der Waals surface area contributed by atoms with Crippen LogP contribution in [0.25, 0.3) is 22.3 Å². The Bertz CT molecular complexity index is 1050. The number of nitrogens with one attached hydrogen (secondary N) is 2. The van der Waals surface area contributed by atoms with E-state index in [0.717, 1.165) is 18.8 Å². The van der Waals surface area contributed by atoms with Gasteiger partial charge in [-0.15, -0.1) is 0 Å². The van der Waals surface area contributed by atoms with Crippen LogP contribution in [0, 0.1) is 5.92 Å². The van der Waals surface area contributed by atoms with Gasteiger partial charge in [0.25, 0.3) is 0 Å². The highest BCUT2D eigenvalue weighted by Crippen LogP contribution is 2.21. The van der Waals surface area contributed by atoms with Crippen molar-refractivity contribution in [3.8, 4) is 0 Å². The molecular formula is C16H20N10. The number of fused-ring (bicyclic) bond motifs is 2. The van der Waals surface area contributed by atoms with Crippen molar-refractivity contribution in [3.63, 3.8) is 0 Å². The molecule has 2 N–H and O–H groups in total. The lowest BCUT2D eigenvalue weighted by Crippen LogP contribution is -2.10. The van der Waals surface area contributed by atoms with Crippen molar-refractivity contribution in [2.75, 3.05) is 24.2 Å². The van der Waals surface area contributed by atoms with Crippen molar-refractivity contribution < 1.29 is 0 Å². The topological polar surface area (TPSA) is 111 Å². The molecular weight excluding hydrogens is 332 g/mol. The van der Waals surface area contributed by atoms with Gasteiger partial charge in [0.05, 0.1) is 0 Å². The van der Waals surface area contributed by atoms with E-state index < -0.39 is 0 Å². The predicted octanol–water partition coefficient (Wildman–Crippen LogP) is 1.78. The first-order valence-corrected chi connectivity index (χ1v) is 8.47. The first kappa shape index (κ1) is 16.2. The van der Waals surface area contributed by atoms with Gasteiger partial charge in [0.2, 0.25) is 0 Å². The molecule has 134 valence electrons. The van der Waals surface area contributed by atoms with E-state index in [0.29, 0.717) is 34.1 Å². The highest BCUT2D eigenvalue weighted by atomic mass is 15.5. The maximum absolute atomic E-state index is 4.49. The fourth-order valence-electron chi connectivity index (χ4n) is 2.75. The lowest BCUT2D eigenvalue weighted by molar-refractivity contribution is 0.607. The van der Waals surface area contributed by atoms with Gasteiger partial charge in [0, 0.05) is 13.6 Å². The predicted molar refractivity (Wildman–Crippen MR) is 98.9 cm³/mol. The van der Waals surface area contributed by atoms with Crippen LogP contribution in [0.2, 0.25) is 0 Å². The summed E-state index contributed by atoms with van der Waals surface area (Å²) >= 11 is 0. The molecule has 0 aliphatic heterocycles. The van der Waals surface area contributed by atoms with E-state index in [2.05, 4.69) is 54.4 Å². The van der Waals surface area contributed by atoms with Gasteiger partial charge >= 0.3 is 0 Å². The second-order valence-electron chi connectivity index (χ2n) is 6.33. The van der Waals surface area contributed by atoms with Crippen LogP contribution >= 0.6 is 0 Å². The lowest BCUT2D eigenvalue weighted by Gasteiger charge is -2.08. The summed E-state index contributed by atoms with van der Waals surface area (Å²) in [4.78, 5) is 26.2. The Labute approximate surface area is 149 Å². The van der Waals surface area contributed by atoms with Crippen molar-refractivity contribution in [2.45, 2.75) is 20.3 Å². The summed E-state index contributed by atoms with van der Waals surface area (Å²) in [6.07, 6.45) is 7.46. The van der Waals surface area contributed by atoms with Crippen LogP contribution < -0.4 is 10.6 Å². The number of rotatable bonds is 6. The number of imidazole rings is 2. The Hall–Kier alpha value is -3.30. The Morgan fingerprint density at radius 2 is 1.42 bits per heavy atom. The monoisotopic (exact) mass is 352 g/mol. The van der Waals surface area contributed by atoms with E-state index in [1.807, 2.05) is 0 Å². The standard InChI is InChI=1S/C16H20N10/c1-10(2)4-5-18-14-12-16(22-7-20-14)26(9-24-12)25-8-23-11-13(17-3)19-6-21-15(11)25/h6-10H,4-5H2,1-3H3,(H,17,19,21)(H,18,20,22). The number of hydrogen-bond acceptors (Lipinski definition) is 8. The van der Waals surface area contributed by atoms with Gasteiger partial charge in [-0.05, 0) is 12.3 Å². The van der Waals surface area contributed by atoms with E-state index in [4.69, 9.17) is 0 Å². The zero-order valence-corrected chi connectivity index (χ0v) is 14.9. The molecule has 0 aliphatic carbocycles. The summed E-state index contributed by atoms with van der Waals surface area (Å²) in [6.45, 7) is 5.22. The normalized spacial score (nSPS) is 11.5. The maximum atomic E-state index is 4.49. The molecule has 0 amide bonds. The van der Waals surface area contributed by atoms with Crippen molar-refractivity contribution in [1.29, 1.82) is 0 Å². The average molecular weight is 352 g/mol. The van der Waals surface area contributed by atoms with E-state index >= 15 is 0 Å². The molecule has 10 nitrogen and oxygen atoms in total. The third-order valence-corrected chi connectivity index (χ3v) is 4.12. The summed E-state index contributed by atoms with van der Waals surface area (Å²) < 4.78 is 3.59. The van der Waals surface area contributed by atoms with Gasteiger partial charge in [0.15, 0.2) is 34.0 Å². The second-order valence-corrected chi connectivity index (χ2v) is 6.33. The van der Waals surface area contributed by atoms with Gasteiger partial charge in [-0.3, -0.25) is 0 Å². The summed E-state index contributed by atoms with van der Waals surface area (Å²) in [5.74, 6) is 2.02. The number of nitrogens with zero attached hydrogens (tertiary/aromatic N) is 8. The molecule has 0 unspecified atom stereocenters. The largest absolute Gasteiger partial charge is 0.371 e. The molecule has 0 aliphatic rings. The third kappa shape index (κ3) is 2.68. The number of anilines is 2. The summed E-state index contributed by atoms with van der Waals surface area (Å²) in [5.41, 5.74) is 2.73. The first-order valence-electron chi connectivity index (χ1n) is 8.47. The molecule has 0 saturated carbocycles. The van der Waals surface area contributed by atoms with Gasteiger partial charge in [-0.1, -0.05) is 13.8 Å². The van der Waals surface area contributed by atoms with Crippen LogP contribution in [0.3, 0.4) is 0 Å². The van der Waals surface area contributed by atoms with Crippen molar-refractivity contribution >= 4 is 34.0 Å². The molecule has 0 saturated heterocycles. The van der Waals surface area contributed by atoms with E-state index in [-0.39, 0.29) is 0 Å². The Morgan fingerprint density at radius 1 is 0.846 bits per heavy atom. The smallest absolute Gasteiger partial charge is 0.185 e. The SMILES string of the molecule is CNc1ncnc2c1ncn2-n1cnc2c(NCCC(C)C)ncnc21. The molecule has 4 aromatic heterocycles. The van der Waals surface area contributed by atoms with E-state index in [1.165, 1.54) is 12.7 Å². The van der Waals surface area contributed by atoms with Crippen LogP contribution in [0.1, 0.15) is 20.3 Å². The van der Waals surface area contributed by atoms with Crippen LogP contribution in [0.15, 0.2) is 25.3 Å². The van der Waals surface area contributed by atoms with Crippen molar-refractivity contribution in [2.24, 2.45) is 5.92 Å². The lowest BCUT2D eigenvalue weighted by atomic mass is 10.1. The van der Waals surface area contributed by atoms with Crippen LogP contribution in [0.4, 0.5) is 11.6 Å². The summed E-state index contributed by atoms with van der Waals surface area (Å²) in [5, 5.41) is 6.37. The number of aromatic nitrogens is 8. The third-order valence-electron chi connectivity index (χ3n) is 4.12. The zero-order valence-electron chi connectivity index (χ0n) is 14.9. The average Bonchev–Trinajstić information content (AvgIpc) is 3.25. The Morgan fingerprint density at radius 3 is 2.00 bits per heavy atom. The zero-order chi connectivity index (χ0) is 18.1. The minimum atomic E-state index is 0.621. The summed E-state index contributed by atoms with van der Waals surface area (Å²) in [7, 11) is 1.80. The second kappa shape index (κ2) is 6.54. The molecule has 4 rings (SSSR count). The minimum Gasteiger partial charge on any atom is -0.371 e. The van der Waals surface area contributed by atoms with E-state index in [1.54, 1.807) is 29.1 Å². The molecule has 4 heterocycles. The quantitative estimate of drug-likeness (QED) is 0.540. The molecule has 0 aromatic carbocycles. The molecule has 0 radical (unpaired) electrons. The van der Waals surface area contributed by atoms with Crippen LogP contribution in [-0.4, -0.2) is 52.8 Å². The highest BCUT2D eigenvalue weighted by molar-refractivity contribution is 5.85. The summed E-state index contributed by atoms with van der Waals surface area (Å²) in [6, 6.07) is 0. The van der Waals surface area contributed by atoms with E-state index in [9.17, 15) is 0 Å². The molecule has 4 aromatic rings. The van der Waals surface area contributed by atoms with Crippen LogP contribution in [-0.2, 0) is 0 Å². The molecule has 26 heavy (non-hydrogen) atoms. The fourth-order valence-corrected chi connectivity index (χ4v) is 2.75. The Kier molecular flexibility index (Phi) is 4.07. The minimum absolute atomic E-state index is 0.621. The molecule has 0 atom stereocenters. The molecule has 10 heteroatoms. The fraction of sp³-hybridized carbons (Fsp3) is 0.375. The van der Waals surface area contributed by atoms with Crippen molar-refractivity contribution in [1.82, 2.24) is 39.3 Å². The first-order chi connectivity index (χ1) is 12.7. The van der Waals surface area contributed by atoms with Crippen molar-refractivity contribution in [3.05, 3.63) is 25.3 Å². The van der Waals surface area contributed by atoms with Gasteiger partial charge < -0.3 is 10.6 Å². The number of hydrogen-bond donors (Lipinski definition) is 2. The molecule has 0 spiro atoms. The van der Waals surface area contributed by atoms with Gasteiger partial charge in [-0.25, -0.2) is 39.3 Å². The highest BCUT2D eigenvalue weighted by Gasteiger charge is 2.15. The molecule has 0 fully saturated rings. The van der Waals surface area contributed by atoms with Gasteiger partial charge in [-0.2, -0.15) is 0 Å². The Balaban J connectivity index is 1.77. The maximum Gasteiger partial charge on any atom is 0.185 e. The van der Waals surface area contributed by atoms with Crippen LogP contribution in [0.5, 0.6) is 0 Å². The molecule has 0 bridgehead atoms.